The summed E-state index contributed by atoms with van der Waals surface area (Å²) in [6.07, 6.45) is 2.22. The van der Waals surface area contributed by atoms with Gasteiger partial charge in [-0.3, -0.25) is 21.0 Å². The molecular weight excluding hydrogens is 302 g/mol. The minimum absolute atomic E-state index is 0.0698. The normalized spacial score (nSPS) is 11.0. The topological polar surface area (TPSA) is 122 Å². The fourth-order valence-corrected chi connectivity index (χ4v) is 1.34. The molecule has 0 aliphatic carbocycles. The van der Waals surface area contributed by atoms with Gasteiger partial charge < -0.3 is 15.2 Å². The first-order valence-corrected chi connectivity index (χ1v) is 6.41. The number of anilines is 1. The molecule has 0 aromatic carbocycles. The highest BCUT2D eigenvalue weighted by molar-refractivity contribution is 6.30. The molecule has 1 rings (SSSR count). The first kappa shape index (κ1) is 17.0. The number of nitrogens with one attached hydrogen (secondary N) is 3. The lowest BCUT2D eigenvalue weighted by Gasteiger charge is -2.12. The Kier molecular flexibility index (Phi) is 7.87. The van der Waals surface area contributed by atoms with Crippen molar-refractivity contribution in [3.8, 4) is 0 Å². The Morgan fingerprint density at radius 3 is 2.95 bits per heavy atom. The van der Waals surface area contributed by atoms with Gasteiger partial charge in [-0.15, -0.1) is 0 Å². The van der Waals surface area contributed by atoms with Crippen LogP contribution in [0.15, 0.2) is 30.4 Å². The highest BCUT2D eigenvalue weighted by Crippen LogP contribution is 2.08. The number of nitro groups is 1. The average molecular weight is 318 g/mol. The van der Waals surface area contributed by atoms with Gasteiger partial charge >= 0.3 is 0 Å². The van der Waals surface area contributed by atoms with E-state index in [1.165, 1.54) is 6.20 Å². The monoisotopic (exact) mass is 317 g/mol. The van der Waals surface area contributed by atoms with Crippen LogP contribution in [-0.2, 0) is 4.74 Å². The first-order chi connectivity index (χ1) is 10.1. The summed E-state index contributed by atoms with van der Waals surface area (Å²) in [4.78, 5) is 13.9. The molecule has 116 valence electrons. The van der Waals surface area contributed by atoms with Gasteiger partial charge in [0.05, 0.1) is 29.8 Å². The fraction of sp³-hybridized carbons (Fsp3) is 0.364. The molecule has 0 atom stereocenters. The van der Waals surface area contributed by atoms with Crippen LogP contribution in [0.25, 0.3) is 0 Å². The maximum atomic E-state index is 10.5. The maximum absolute atomic E-state index is 10.5. The van der Waals surface area contributed by atoms with E-state index < -0.39 is 4.92 Å². The second-order valence-corrected chi connectivity index (χ2v) is 4.14. The molecule has 0 saturated carbocycles. The predicted molar refractivity (Wildman–Crippen MR) is 77.0 cm³/mol. The SMILES string of the molecule is O=[N+]([O-])/C=C(/NCCOCCO)NNc1ccc(Cl)cn1. The van der Waals surface area contributed by atoms with E-state index in [9.17, 15) is 10.1 Å². The van der Waals surface area contributed by atoms with Crippen LogP contribution >= 0.6 is 11.6 Å². The summed E-state index contributed by atoms with van der Waals surface area (Å²) in [7, 11) is 0. The molecule has 0 amide bonds. The molecule has 0 aliphatic rings. The Morgan fingerprint density at radius 2 is 2.33 bits per heavy atom. The largest absolute Gasteiger partial charge is 0.394 e. The molecule has 0 bridgehead atoms. The zero-order chi connectivity index (χ0) is 15.5. The zero-order valence-electron chi connectivity index (χ0n) is 11.1. The van der Waals surface area contributed by atoms with E-state index in [1.54, 1.807) is 12.1 Å². The molecule has 10 heteroatoms. The van der Waals surface area contributed by atoms with Crippen LogP contribution in [0.1, 0.15) is 0 Å². The van der Waals surface area contributed by atoms with Crippen LogP contribution in [0.3, 0.4) is 0 Å². The van der Waals surface area contributed by atoms with Crippen LogP contribution in [0.2, 0.25) is 5.02 Å². The van der Waals surface area contributed by atoms with E-state index in [4.69, 9.17) is 21.4 Å². The molecular formula is C11H16ClN5O4. The van der Waals surface area contributed by atoms with Crippen LogP contribution < -0.4 is 16.2 Å². The van der Waals surface area contributed by atoms with Crippen LogP contribution in [0, 0.1) is 10.1 Å². The third-order valence-corrected chi connectivity index (χ3v) is 2.31. The lowest BCUT2D eigenvalue weighted by atomic mass is 10.5. The number of hydrogen-bond donors (Lipinski definition) is 4. The average Bonchev–Trinajstić information content (AvgIpc) is 2.45. The Bertz CT molecular complexity index is 468. The molecule has 0 unspecified atom stereocenters. The molecule has 4 N–H and O–H groups in total. The summed E-state index contributed by atoms with van der Waals surface area (Å²) in [6.45, 7) is 0.787. The number of hydrogen-bond acceptors (Lipinski definition) is 8. The van der Waals surface area contributed by atoms with Crippen molar-refractivity contribution in [2.24, 2.45) is 0 Å². The third-order valence-electron chi connectivity index (χ3n) is 2.08. The van der Waals surface area contributed by atoms with Crippen molar-refractivity contribution < 1.29 is 14.8 Å². The van der Waals surface area contributed by atoms with Gasteiger partial charge in [-0.05, 0) is 12.1 Å². The molecule has 0 radical (unpaired) electrons. The van der Waals surface area contributed by atoms with E-state index in [-0.39, 0.29) is 19.0 Å². The Hall–Kier alpha value is -2.10. The van der Waals surface area contributed by atoms with Crippen molar-refractivity contribution in [3.63, 3.8) is 0 Å². The van der Waals surface area contributed by atoms with Crippen molar-refractivity contribution in [2.45, 2.75) is 0 Å². The second-order valence-electron chi connectivity index (χ2n) is 3.70. The van der Waals surface area contributed by atoms with Gasteiger partial charge in [0.1, 0.15) is 5.82 Å². The van der Waals surface area contributed by atoms with Crippen LogP contribution in [0.4, 0.5) is 5.82 Å². The fourth-order valence-electron chi connectivity index (χ4n) is 1.23. The first-order valence-electron chi connectivity index (χ1n) is 6.03. The Labute approximate surface area is 126 Å². The van der Waals surface area contributed by atoms with E-state index in [0.717, 1.165) is 6.20 Å². The van der Waals surface area contributed by atoms with Gasteiger partial charge in [-0.1, -0.05) is 11.6 Å². The van der Waals surface area contributed by atoms with Crippen molar-refractivity contribution >= 4 is 17.4 Å². The molecule has 0 spiro atoms. The number of aromatic nitrogens is 1. The number of ether oxygens (including phenoxy) is 1. The Balaban J connectivity index is 2.43. The van der Waals surface area contributed by atoms with Crippen molar-refractivity contribution in [3.05, 3.63) is 45.5 Å². The molecule has 0 saturated heterocycles. The lowest BCUT2D eigenvalue weighted by molar-refractivity contribution is -0.404. The summed E-state index contributed by atoms with van der Waals surface area (Å²) in [5.41, 5.74) is 5.32. The van der Waals surface area contributed by atoms with E-state index in [2.05, 4.69) is 21.2 Å². The quantitative estimate of drug-likeness (QED) is 0.277. The highest BCUT2D eigenvalue weighted by atomic mass is 35.5. The predicted octanol–water partition coefficient (Wildman–Crippen LogP) is 0.326. The standard InChI is InChI=1S/C11H16ClN5O4/c12-9-1-2-10(14-7-9)15-16-11(8-17(19)20)13-3-5-21-6-4-18/h1-2,7-8,13,16,18H,3-6H2,(H,14,15)/b11-8-. The van der Waals surface area contributed by atoms with Gasteiger partial charge in [0.2, 0.25) is 0 Å². The van der Waals surface area contributed by atoms with Crippen molar-refractivity contribution in [2.75, 3.05) is 31.8 Å². The zero-order valence-corrected chi connectivity index (χ0v) is 11.8. The van der Waals surface area contributed by atoms with E-state index in [0.29, 0.717) is 24.0 Å². The second kappa shape index (κ2) is 9.75. The minimum atomic E-state index is -0.596. The molecule has 1 aromatic heterocycles. The van der Waals surface area contributed by atoms with Gasteiger partial charge in [0.25, 0.3) is 6.20 Å². The molecule has 0 fully saturated rings. The number of nitrogens with zero attached hydrogens (tertiary/aromatic N) is 2. The summed E-state index contributed by atoms with van der Waals surface area (Å²) >= 11 is 5.70. The van der Waals surface area contributed by atoms with Crippen LogP contribution in [0.5, 0.6) is 0 Å². The van der Waals surface area contributed by atoms with Crippen LogP contribution in [-0.4, -0.2) is 41.4 Å². The smallest absolute Gasteiger partial charge is 0.275 e. The molecule has 1 heterocycles. The summed E-state index contributed by atoms with van der Waals surface area (Å²) in [6, 6.07) is 3.25. The van der Waals surface area contributed by atoms with Gasteiger partial charge in [-0.25, -0.2) is 4.98 Å². The lowest BCUT2D eigenvalue weighted by Crippen LogP contribution is -2.33. The van der Waals surface area contributed by atoms with Gasteiger partial charge in [0, 0.05) is 12.7 Å². The van der Waals surface area contributed by atoms with Crippen molar-refractivity contribution in [1.29, 1.82) is 0 Å². The molecule has 0 aliphatic heterocycles. The highest BCUT2D eigenvalue weighted by Gasteiger charge is 2.02. The third kappa shape index (κ3) is 7.92. The summed E-state index contributed by atoms with van der Waals surface area (Å²) < 4.78 is 5.03. The van der Waals surface area contributed by atoms with Crippen molar-refractivity contribution in [1.82, 2.24) is 15.7 Å². The number of rotatable bonds is 10. The Morgan fingerprint density at radius 1 is 1.52 bits per heavy atom. The minimum Gasteiger partial charge on any atom is -0.394 e. The summed E-state index contributed by atoms with van der Waals surface area (Å²) in [5, 5.41) is 22.3. The number of aliphatic hydroxyl groups excluding tert-OH is 1. The van der Waals surface area contributed by atoms with Gasteiger partial charge in [0.15, 0.2) is 5.82 Å². The molecule has 21 heavy (non-hydrogen) atoms. The summed E-state index contributed by atoms with van der Waals surface area (Å²) in [5.74, 6) is 0.594. The van der Waals surface area contributed by atoms with E-state index in [1.807, 2.05) is 0 Å². The van der Waals surface area contributed by atoms with E-state index >= 15 is 0 Å². The number of pyridine rings is 1. The van der Waals surface area contributed by atoms with Gasteiger partial charge in [-0.2, -0.15) is 0 Å². The number of hydrazine groups is 1. The number of aliphatic hydroxyl groups is 1. The number of halogens is 1. The maximum Gasteiger partial charge on any atom is 0.275 e. The molecule has 1 aromatic rings. The molecule has 9 nitrogen and oxygen atoms in total.